The Kier molecular flexibility index (Phi) is 5.08. The normalized spacial score (nSPS) is 18.8. The molecule has 28 heavy (non-hydrogen) atoms. The number of hydrogen-bond acceptors (Lipinski definition) is 3. The third-order valence-electron chi connectivity index (χ3n) is 4.74. The van der Waals surface area contributed by atoms with Gasteiger partial charge in [-0.3, -0.25) is 9.78 Å². The zero-order chi connectivity index (χ0) is 19.5. The number of hydrogen-bond donors (Lipinski definition) is 3. The number of thiocarbonyl (C=S) groups is 1. The van der Waals surface area contributed by atoms with Crippen LogP contribution in [0.1, 0.15) is 29.2 Å². The van der Waals surface area contributed by atoms with Gasteiger partial charge in [0, 0.05) is 23.3 Å². The van der Waals surface area contributed by atoms with E-state index in [2.05, 4.69) is 20.6 Å². The molecule has 1 saturated heterocycles. The summed E-state index contributed by atoms with van der Waals surface area (Å²) in [5.41, 5.74) is 3.70. The number of aryl methyl sites for hydroxylation is 1. The van der Waals surface area contributed by atoms with Crippen LogP contribution in [-0.2, 0) is 4.79 Å². The van der Waals surface area contributed by atoms with E-state index < -0.39 is 0 Å². The minimum atomic E-state index is -0.155. The third-order valence-corrected chi connectivity index (χ3v) is 5.09. The Balaban J connectivity index is 1.61. The highest BCUT2D eigenvalue weighted by Crippen LogP contribution is 2.37. The fourth-order valence-corrected chi connectivity index (χ4v) is 3.79. The van der Waals surface area contributed by atoms with Crippen LogP contribution in [0.3, 0.4) is 0 Å². The van der Waals surface area contributed by atoms with Gasteiger partial charge in [0.05, 0.1) is 17.8 Å². The van der Waals surface area contributed by atoms with E-state index in [1.807, 2.05) is 72.5 Å². The number of nitrogens with one attached hydrogen (secondary N) is 3. The van der Waals surface area contributed by atoms with Crippen LogP contribution >= 0.6 is 12.2 Å². The van der Waals surface area contributed by atoms with Gasteiger partial charge < -0.3 is 20.5 Å². The van der Waals surface area contributed by atoms with E-state index in [1.54, 1.807) is 6.20 Å². The van der Waals surface area contributed by atoms with Crippen LogP contribution in [-0.4, -0.2) is 32.4 Å². The molecule has 1 amide bonds. The van der Waals surface area contributed by atoms with Crippen molar-refractivity contribution in [1.29, 1.82) is 0 Å². The molecular formula is C21H21N5OS. The molecule has 0 spiro atoms. The van der Waals surface area contributed by atoms with Gasteiger partial charge in [0.15, 0.2) is 5.11 Å². The zero-order valence-electron chi connectivity index (χ0n) is 15.4. The van der Waals surface area contributed by atoms with Crippen LogP contribution in [0.4, 0.5) is 5.69 Å². The molecule has 0 bridgehead atoms. The summed E-state index contributed by atoms with van der Waals surface area (Å²) in [7, 11) is 0. The molecule has 1 aliphatic heterocycles. The summed E-state index contributed by atoms with van der Waals surface area (Å²) < 4.78 is 0. The molecule has 142 valence electrons. The lowest BCUT2D eigenvalue weighted by atomic mass is 10.0. The Morgan fingerprint density at radius 2 is 1.93 bits per heavy atom. The highest BCUT2D eigenvalue weighted by Gasteiger charge is 2.41. The monoisotopic (exact) mass is 391 g/mol. The molecule has 0 aliphatic carbocycles. The van der Waals surface area contributed by atoms with Crippen LogP contribution in [0.2, 0.25) is 0 Å². The van der Waals surface area contributed by atoms with Gasteiger partial charge in [-0.15, -0.1) is 0 Å². The molecule has 2 atom stereocenters. The molecule has 1 fully saturated rings. The summed E-state index contributed by atoms with van der Waals surface area (Å²) in [5.74, 6) is -0.120. The molecule has 3 N–H and O–H groups in total. The number of carbonyl (C=O) groups is 1. The number of pyridine rings is 1. The highest BCUT2D eigenvalue weighted by molar-refractivity contribution is 7.80. The van der Waals surface area contributed by atoms with Crippen LogP contribution < -0.4 is 10.6 Å². The second-order valence-electron chi connectivity index (χ2n) is 6.77. The van der Waals surface area contributed by atoms with Crippen molar-refractivity contribution in [2.75, 3.05) is 11.9 Å². The van der Waals surface area contributed by atoms with E-state index in [9.17, 15) is 4.79 Å². The van der Waals surface area contributed by atoms with Gasteiger partial charge in [-0.2, -0.15) is 0 Å². The van der Waals surface area contributed by atoms with Crippen LogP contribution in [0, 0.1) is 6.92 Å². The number of rotatable bonds is 5. The predicted molar refractivity (Wildman–Crippen MR) is 113 cm³/mol. The van der Waals surface area contributed by atoms with E-state index in [0.29, 0.717) is 5.11 Å². The fraction of sp³-hybridized carbons (Fsp3) is 0.190. The lowest BCUT2D eigenvalue weighted by Gasteiger charge is -2.26. The molecule has 3 aromatic rings. The SMILES string of the molecule is Cc1ccc([C@H]2[C@H](c3ccccn3)NC(=S)N2CC(=O)Nc2ccccc2)[nH]1. The first kappa shape index (κ1) is 18.2. The number of nitrogens with zero attached hydrogens (tertiary/aromatic N) is 2. The largest absolute Gasteiger partial charge is 0.361 e. The Morgan fingerprint density at radius 3 is 2.61 bits per heavy atom. The maximum Gasteiger partial charge on any atom is 0.244 e. The van der Waals surface area contributed by atoms with Gasteiger partial charge in [-0.1, -0.05) is 24.3 Å². The Morgan fingerprint density at radius 1 is 1.14 bits per heavy atom. The van der Waals surface area contributed by atoms with Crippen molar-refractivity contribution in [3.05, 3.63) is 83.9 Å². The zero-order valence-corrected chi connectivity index (χ0v) is 16.2. The number of benzene rings is 1. The molecule has 3 heterocycles. The first-order valence-corrected chi connectivity index (χ1v) is 9.51. The van der Waals surface area contributed by atoms with E-state index in [-0.39, 0.29) is 24.5 Å². The Hall–Kier alpha value is -3.19. The molecule has 0 saturated carbocycles. The standard InChI is InChI=1S/C21H21N5OS/c1-14-10-11-17(23-14)20-19(16-9-5-6-12-22-16)25-21(28)26(20)13-18(27)24-15-7-3-2-4-8-15/h2-12,19-20,23H,13H2,1H3,(H,24,27)(H,25,28)/t19-,20-/m0/s1. The Labute approximate surface area is 169 Å². The summed E-state index contributed by atoms with van der Waals surface area (Å²) >= 11 is 5.58. The van der Waals surface area contributed by atoms with E-state index in [1.165, 1.54) is 0 Å². The minimum absolute atomic E-state index is 0.120. The Bertz CT molecular complexity index is 973. The van der Waals surface area contributed by atoms with Gasteiger partial charge in [0.25, 0.3) is 0 Å². The molecule has 7 heteroatoms. The number of aromatic nitrogens is 2. The molecule has 6 nitrogen and oxygen atoms in total. The summed E-state index contributed by atoms with van der Waals surface area (Å²) in [6.45, 7) is 2.15. The number of H-pyrrole nitrogens is 1. The molecule has 2 aromatic heterocycles. The predicted octanol–water partition coefficient (Wildman–Crippen LogP) is 3.33. The summed E-state index contributed by atoms with van der Waals surface area (Å²) in [4.78, 5) is 22.5. The van der Waals surface area contributed by atoms with E-state index in [0.717, 1.165) is 22.8 Å². The fourth-order valence-electron chi connectivity index (χ4n) is 3.49. The van der Waals surface area contributed by atoms with Crippen LogP contribution in [0.15, 0.2) is 66.9 Å². The van der Waals surface area contributed by atoms with Crippen molar-refractivity contribution in [2.45, 2.75) is 19.0 Å². The lowest BCUT2D eigenvalue weighted by Crippen LogP contribution is -2.37. The van der Waals surface area contributed by atoms with Crippen LogP contribution in [0.25, 0.3) is 0 Å². The minimum Gasteiger partial charge on any atom is -0.361 e. The van der Waals surface area contributed by atoms with Crippen molar-refractivity contribution in [3.8, 4) is 0 Å². The second kappa shape index (κ2) is 7.82. The van der Waals surface area contributed by atoms with Crippen LogP contribution in [0.5, 0.6) is 0 Å². The lowest BCUT2D eigenvalue weighted by molar-refractivity contribution is -0.116. The van der Waals surface area contributed by atoms with Gasteiger partial charge in [-0.25, -0.2) is 0 Å². The maximum atomic E-state index is 12.7. The average molecular weight is 392 g/mol. The first-order valence-electron chi connectivity index (χ1n) is 9.10. The van der Waals surface area contributed by atoms with Crippen molar-refractivity contribution in [3.63, 3.8) is 0 Å². The average Bonchev–Trinajstić information content (AvgIpc) is 3.26. The first-order chi connectivity index (χ1) is 13.6. The van der Waals surface area contributed by atoms with Gasteiger partial charge >= 0.3 is 0 Å². The summed E-state index contributed by atoms with van der Waals surface area (Å²) in [5, 5.41) is 6.81. The summed E-state index contributed by atoms with van der Waals surface area (Å²) in [6.07, 6.45) is 1.77. The molecule has 1 aromatic carbocycles. The van der Waals surface area contributed by atoms with E-state index >= 15 is 0 Å². The molecule has 0 radical (unpaired) electrons. The third kappa shape index (κ3) is 3.75. The topological polar surface area (TPSA) is 73.1 Å². The molecule has 0 unspecified atom stereocenters. The number of para-hydroxylation sites is 1. The van der Waals surface area contributed by atoms with Crippen molar-refractivity contribution in [1.82, 2.24) is 20.2 Å². The molecule has 4 rings (SSSR count). The van der Waals surface area contributed by atoms with Crippen molar-refractivity contribution in [2.24, 2.45) is 0 Å². The number of anilines is 1. The van der Waals surface area contributed by atoms with E-state index in [4.69, 9.17) is 12.2 Å². The van der Waals surface area contributed by atoms with Gasteiger partial charge in [0.1, 0.15) is 6.54 Å². The number of aromatic amines is 1. The number of carbonyl (C=O) groups excluding carboxylic acids is 1. The quantitative estimate of drug-likeness (QED) is 0.582. The number of amides is 1. The smallest absolute Gasteiger partial charge is 0.244 e. The maximum absolute atomic E-state index is 12.7. The molecule has 1 aliphatic rings. The van der Waals surface area contributed by atoms with Gasteiger partial charge in [0.2, 0.25) is 5.91 Å². The van der Waals surface area contributed by atoms with Crippen molar-refractivity contribution < 1.29 is 4.79 Å². The van der Waals surface area contributed by atoms with Crippen molar-refractivity contribution >= 4 is 28.9 Å². The summed E-state index contributed by atoms with van der Waals surface area (Å²) in [6, 6.07) is 19.0. The highest BCUT2D eigenvalue weighted by atomic mass is 32.1. The van der Waals surface area contributed by atoms with Gasteiger partial charge in [-0.05, 0) is 55.5 Å². The molecular weight excluding hydrogens is 370 g/mol. The second-order valence-corrected chi connectivity index (χ2v) is 7.15.